The van der Waals surface area contributed by atoms with Crippen molar-refractivity contribution in [2.24, 2.45) is 5.73 Å². The van der Waals surface area contributed by atoms with Gasteiger partial charge in [0.05, 0.1) is 12.6 Å². The lowest BCUT2D eigenvalue weighted by Gasteiger charge is -2.28. The van der Waals surface area contributed by atoms with Gasteiger partial charge in [-0.3, -0.25) is 4.90 Å². The first-order valence-corrected chi connectivity index (χ1v) is 4.23. The van der Waals surface area contributed by atoms with Crippen LogP contribution in [0.15, 0.2) is 0 Å². The minimum atomic E-state index is 0.465. The fourth-order valence-electron chi connectivity index (χ4n) is 1.43. The lowest BCUT2D eigenvalue weighted by atomic mass is 10.0. The molecule has 1 aliphatic heterocycles. The molecule has 0 amide bonds. The summed E-state index contributed by atoms with van der Waals surface area (Å²) in [5.74, 6) is 6.11. The second-order valence-electron chi connectivity index (χ2n) is 3.02. The third-order valence-corrected chi connectivity index (χ3v) is 2.14. The van der Waals surface area contributed by atoms with Crippen LogP contribution in [0.5, 0.6) is 0 Å². The van der Waals surface area contributed by atoms with Gasteiger partial charge in [-0.15, -0.1) is 0 Å². The van der Waals surface area contributed by atoms with Crippen molar-refractivity contribution in [3.8, 4) is 11.8 Å². The van der Waals surface area contributed by atoms with E-state index in [1.807, 2.05) is 0 Å². The Hall–Kier alpha value is -0.520. The summed E-state index contributed by atoms with van der Waals surface area (Å²) in [4.78, 5) is 2.31. The van der Waals surface area contributed by atoms with Crippen molar-refractivity contribution in [3.05, 3.63) is 0 Å². The van der Waals surface area contributed by atoms with E-state index in [9.17, 15) is 0 Å². The van der Waals surface area contributed by atoms with Gasteiger partial charge in [0.2, 0.25) is 0 Å². The van der Waals surface area contributed by atoms with Crippen LogP contribution >= 0.6 is 0 Å². The third kappa shape index (κ3) is 2.53. The highest BCUT2D eigenvalue weighted by Gasteiger charge is 2.15. The van der Waals surface area contributed by atoms with Gasteiger partial charge in [-0.2, -0.15) is 0 Å². The molecule has 0 radical (unpaired) electrons. The van der Waals surface area contributed by atoms with E-state index in [-0.39, 0.29) is 0 Å². The highest BCUT2D eigenvalue weighted by molar-refractivity contribution is 5.09. The van der Waals surface area contributed by atoms with Gasteiger partial charge in [0, 0.05) is 0 Å². The number of hydrogen-bond acceptors (Lipinski definition) is 2. The van der Waals surface area contributed by atoms with Gasteiger partial charge in [-0.05, 0) is 32.9 Å². The molecule has 11 heavy (non-hydrogen) atoms. The molecule has 0 aromatic carbocycles. The average Bonchev–Trinajstić information content (AvgIpc) is 2.03. The first kappa shape index (κ1) is 8.58. The minimum Gasteiger partial charge on any atom is -0.320 e. The first-order valence-electron chi connectivity index (χ1n) is 4.23. The SMILES string of the molecule is CN1CCCCC1C#CCN. The van der Waals surface area contributed by atoms with Crippen molar-refractivity contribution in [2.75, 3.05) is 20.1 Å². The Balaban J connectivity index is 2.41. The molecule has 0 aromatic heterocycles. The monoisotopic (exact) mass is 152 g/mol. The number of rotatable bonds is 0. The molecule has 62 valence electrons. The van der Waals surface area contributed by atoms with Gasteiger partial charge >= 0.3 is 0 Å². The van der Waals surface area contributed by atoms with E-state index in [1.165, 1.54) is 25.8 Å². The second kappa shape index (κ2) is 4.38. The van der Waals surface area contributed by atoms with E-state index in [0.717, 1.165) is 0 Å². The number of nitrogens with two attached hydrogens (primary N) is 1. The van der Waals surface area contributed by atoms with Crippen molar-refractivity contribution in [1.29, 1.82) is 0 Å². The summed E-state index contributed by atoms with van der Waals surface area (Å²) in [7, 11) is 2.13. The van der Waals surface area contributed by atoms with Crippen LogP contribution in [-0.2, 0) is 0 Å². The lowest BCUT2D eigenvalue weighted by Crippen LogP contribution is -2.35. The summed E-state index contributed by atoms with van der Waals surface area (Å²) in [5.41, 5.74) is 5.30. The van der Waals surface area contributed by atoms with Crippen molar-refractivity contribution >= 4 is 0 Å². The van der Waals surface area contributed by atoms with Crippen LogP contribution in [0.1, 0.15) is 19.3 Å². The Kier molecular flexibility index (Phi) is 3.41. The smallest absolute Gasteiger partial charge is 0.0712 e. The molecule has 1 saturated heterocycles. The van der Waals surface area contributed by atoms with E-state index < -0.39 is 0 Å². The maximum atomic E-state index is 5.30. The summed E-state index contributed by atoms with van der Waals surface area (Å²) in [6, 6.07) is 0.465. The van der Waals surface area contributed by atoms with Crippen LogP contribution in [-0.4, -0.2) is 31.1 Å². The normalized spacial score (nSPS) is 25.8. The standard InChI is InChI=1S/C9H16N2/c1-11-8-3-2-5-9(11)6-4-7-10/h9H,2-3,5,7-8,10H2,1H3. The van der Waals surface area contributed by atoms with Crippen LogP contribution in [0.3, 0.4) is 0 Å². The minimum absolute atomic E-state index is 0.465. The highest BCUT2D eigenvalue weighted by Crippen LogP contribution is 2.13. The van der Waals surface area contributed by atoms with Gasteiger partial charge in [0.1, 0.15) is 0 Å². The third-order valence-electron chi connectivity index (χ3n) is 2.14. The average molecular weight is 152 g/mol. The molecule has 1 aliphatic rings. The van der Waals surface area contributed by atoms with Crippen LogP contribution < -0.4 is 5.73 Å². The molecular weight excluding hydrogens is 136 g/mol. The zero-order chi connectivity index (χ0) is 8.10. The Morgan fingerprint density at radius 1 is 1.55 bits per heavy atom. The van der Waals surface area contributed by atoms with E-state index in [4.69, 9.17) is 5.73 Å². The van der Waals surface area contributed by atoms with E-state index in [0.29, 0.717) is 12.6 Å². The summed E-state index contributed by atoms with van der Waals surface area (Å²) < 4.78 is 0. The van der Waals surface area contributed by atoms with Gasteiger partial charge in [-0.1, -0.05) is 11.8 Å². The topological polar surface area (TPSA) is 29.3 Å². The number of likely N-dealkylation sites (tertiary alicyclic amines) is 1. The molecule has 0 spiro atoms. The molecule has 1 rings (SSSR count). The van der Waals surface area contributed by atoms with Gasteiger partial charge in [0.25, 0.3) is 0 Å². The maximum Gasteiger partial charge on any atom is 0.0712 e. The molecule has 1 unspecified atom stereocenters. The Morgan fingerprint density at radius 2 is 2.36 bits per heavy atom. The van der Waals surface area contributed by atoms with Crippen molar-refractivity contribution in [3.63, 3.8) is 0 Å². The number of nitrogens with zero attached hydrogens (tertiary/aromatic N) is 1. The van der Waals surface area contributed by atoms with Gasteiger partial charge < -0.3 is 5.73 Å². The maximum absolute atomic E-state index is 5.30. The van der Waals surface area contributed by atoms with E-state index in [1.54, 1.807) is 0 Å². The Labute approximate surface area is 68.8 Å². The molecular formula is C9H16N2. The Morgan fingerprint density at radius 3 is 3.00 bits per heavy atom. The molecule has 2 nitrogen and oxygen atoms in total. The van der Waals surface area contributed by atoms with Gasteiger partial charge in [-0.25, -0.2) is 0 Å². The van der Waals surface area contributed by atoms with Crippen molar-refractivity contribution in [1.82, 2.24) is 4.90 Å². The van der Waals surface area contributed by atoms with Crippen LogP contribution in [0.2, 0.25) is 0 Å². The highest BCUT2D eigenvalue weighted by atomic mass is 15.1. The molecule has 1 atom stereocenters. The fraction of sp³-hybridized carbons (Fsp3) is 0.778. The molecule has 0 aliphatic carbocycles. The quantitative estimate of drug-likeness (QED) is 0.510. The summed E-state index contributed by atoms with van der Waals surface area (Å²) >= 11 is 0. The number of hydrogen-bond donors (Lipinski definition) is 1. The summed E-state index contributed by atoms with van der Waals surface area (Å²) in [5, 5.41) is 0. The van der Waals surface area contributed by atoms with Crippen molar-refractivity contribution in [2.45, 2.75) is 25.3 Å². The van der Waals surface area contributed by atoms with Crippen LogP contribution in [0, 0.1) is 11.8 Å². The predicted octanol–water partition coefficient (Wildman–Crippen LogP) is 0.433. The molecule has 1 fully saturated rings. The zero-order valence-electron chi connectivity index (χ0n) is 7.14. The van der Waals surface area contributed by atoms with Gasteiger partial charge in [0.15, 0.2) is 0 Å². The van der Waals surface area contributed by atoms with Crippen molar-refractivity contribution < 1.29 is 0 Å². The van der Waals surface area contributed by atoms with Crippen LogP contribution in [0.25, 0.3) is 0 Å². The lowest BCUT2D eigenvalue weighted by molar-refractivity contribution is 0.229. The molecule has 0 bridgehead atoms. The van der Waals surface area contributed by atoms with Crippen LogP contribution in [0.4, 0.5) is 0 Å². The zero-order valence-corrected chi connectivity index (χ0v) is 7.14. The molecule has 2 heteroatoms. The predicted molar refractivity (Wildman–Crippen MR) is 47.1 cm³/mol. The Bertz CT molecular complexity index is 166. The number of piperidine rings is 1. The van der Waals surface area contributed by atoms with E-state index >= 15 is 0 Å². The second-order valence-corrected chi connectivity index (χ2v) is 3.02. The fourth-order valence-corrected chi connectivity index (χ4v) is 1.43. The first-order chi connectivity index (χ1) is 5.34. The van der Waals surface area contributed by atoms with E-state index in [2.05, 4.69) is 23.8 Å². The molecule has 0 aromatic rings. The summed E-state index contributed by atoms with van der Waals surface area (Å²) in [6.45, 7) is 1.67. The summed E-state index contributed by atoms with van der Waals surface area (Å²) in [6.07, 6.45) is 3.84. The molecule has 1 heterocycles. The largest absolute Gasteiger partial charge is 0.320 e. The molecule has 0 saturated carbocycles. The molecule has 2 N–H and O–H groups in total.